The van der Waals surface area contributed by atoms with Crippen LogP contribution in [0.15, 0.2) is 6.07 Å². The molecule has 0 unspecified atom stereocenters. The monoisotopic (exact) mass is 205 g/mol. The van der Waals surface area contributed by atoms with Crippen LogP contribution in [0.25, 0.3) is 5.78 Å². The third kappa shape index (κ3) is 1.83. The summed E-state index contributed by atoms with van der Waals surface area (Å²) < 4.78 is 1.99. The molecule has 5 heteroatoms. The number of nitrogens with zero attached hydrogens (tertiary/aromatic N) is 4. The number of hydrogen-bond acceptors (Lipinski definition) is 4. The molecule has 5 nitrogen and oxygen atoms in total. The lowest BCUT2D eigenvalue weighted by molar-refractivity contribution is 0.763. The molecule has 0 atom stereocenters. The highest BCUT2D eigenvalue weighted by molar-refractivity contribution is 5.32. The lowest BCUT2D eigenvalue weighted by atomic mass is 10.3. The highest BCUT2D eigenvalue weighted by Crippen LogP contribution is 2.08. The Morgan fingerprint density at radius 3 is 2.87 bits per heavy atom. The molecule has 2 heterocycles. The number of aryl methyl sites for hydroxylation is 3. The van der Waals surface area contributed by atoms with Crippen molar-refractivity contribution in [2.75, 3.05) is 6.54 Å². The first-order chi connectivity index (χ1) is 7.22. The zero-order chi connectivity index (χ0) is 10.8. The number of rotatable bonds is 3. The van der Waals surface area contributed by atoms with Crippen molar-refractivity contribution in [2.24, 2.45) is 5.73 Å². The van der Waals surface area contributed by atoms with Crippen LogP contribution in [-0.4, -0.2) is 26.1 Å². The smallest absolute Gasteiger partial charge is 0.255 e. The molecule has 0 saturated heterocycles. The summed E-state index contributed by atoms with van der Waals surface area (Å²) in [5.41, 5.74) is 7.57. The van der Waals surface area contributed by atoms with E-state index in [-0.39, 0.29) is 0 Å². The van der Waals surface area contributed by atoms with Crippen molar-refractivity contribution >= 4 is 5.78 Å². The molecule has 0 spiro atoms. The fourth-order valence-corrected chi connectivity index (χ4v) is 1.72. The van der Waals surface area contributed by atoms with Crippen LogP contribution in [0.1, 0.15) is 23.6 Å². The van der Waals surface area contributed by atoms with Crippen molar-refractivity contribution in [3.8, 4) is 0 Å². The summed E-state index contributed by atoms with van der Waals surface area (Å²) in [6.07, 6.45) is 1.78. The molecule has 0 aliphatic rings. The first-order valence-corrected chi connectivity index (χ1v) is 5.10. The molecule has 2 N–H and O–H groups in total. The Labute approximate surface area is 88.3 Å². The normalized spacial score (nSPS) is 11.1. The van der Waals surface area contributed by atoms with Gasteiger partial charge < -0.3 is 5.73 Å². The van der Waals surface area contributed by atoms with Gasteiger partial charge in [-0.1, -0.05) is 0 Å². The van der Waals surface area contributed by atoms with Gasteiger partial charge in [-0.05, 0) is 32.9 Å². The van der Waals surface area contributed by atoms with Crippen LogP contribution in [0, 0.1) is 13.8 Å². The zero-order valence-electron chi connectivity index (χ0n) is 9.06. The molecule has 0 aromatic carbocycles. The second kappa shape index (κ2) is 3.94. The van der Waals surface area contributed by atoms with Gasteiger partial charge in [-0.15, -0.1) is 10.2 Å². The molecule has 2 rings (SSSR count). The second-order valence-corrected chi connectivity index (χ2v) is 3.68. The van der Waals surface area contributed by atoms with Crippen LogP contribution < -0.4 is 5.73 Å². The van der Waals surface area contributed by atoms with Crippen molar-refractivity contribution in [1.82, 2.24) is 19.6 Å². The lowest BCUT2D eigenvalue weighted by Crippen LogP contribution is -2.05. The van der Waals surface area contributed by atoms with E-state index in [9.17, 15) is 0 Å². The minimum absolute atomic E-state index is 0.674. The van der Waals surface area contributed by atoms with Crippen LogP contribution in [0.3, 0.4) is 0 Å². The Kier molecular flexibility index (Phi) is 2.64. The van der Waals surface area contributed by atoms with Crippen molar-refractivity contribution in [3.63, 3.8) is 0 Å². The van der Waals surface area contributed by atoms with Gasteiger partial charge in [-0.2, -0.15) is 0 Å². The molecular weight excluding hydrogens is 190 g/mol. The first kappa shape index (κ1) is 10.0. The molecule has 0 fully saturated rings. The molecule has 15 heavy (non-hydrogen) atoms. The quantitative estimate of drug-likeness (QED) is 0.798. The third-order valence-electron chi connectivity index (χ3n) is 2.36. The maximum absolute atomic E-state index is 5.48. The van der Waals surface area contributed by atoms with Crippen molar-refractivity contribution in [2.45, 2.75) is 26.7 Å². The fraction of sp³-hybridized carbons (Fsp3) is 0.500. The van der Waals surface area contributed by atoms with Crippen LogP contribution >= 0.6 is 0 Å². The van der Waals surface area contributed by atoms with Crippen molar-refractivity contribution < 1.29 is 0 Å². The minimum atomic E-state index is 0.674. The van der Waals surface area contributed by atoms with Gasteiger partial charge in [0.15, 0.2) is 0 Å². The van der Waals surface area contributed by atoms with Gasteiger partial charge in [0.25, 0.3) is 5.78 Å². The van der Waals surface area contributed by atoms with E-state index in [2.05, 4.69) is 15.2 Å². The largest absolute Gasteiger partial charge is 0.330 e. The summed E-state index contributed by atoms with van der Waals surface area (Å²) in [4.78, 5) is 4.32. The zero-order valence-corrected chi connectivity index (χ0v) is 9.06. The summed E-state index contributed by atoms with van der Waals surface area (Å²) >= 11 is 0. The van der Waals surface area contributed by atoms with Gasteiger partial charge >= 0.3 is 0 Å². The SMILES string of the molecule is Cc1cc(C)n2c(CCCN)nnc2n1. The molecule has 0 aliphatic heterocycles. The molecule has 0 radical (unpaired) electrons. The topological polar surface area (TPSA) is 69.1 Å². The van der Waals surface area contributed by atoms with E-state index in [1.807, 2.05) is 24.3 Å². The number of nitrogens with two attached hydrogens (primary N) is 1. The van der Waals surface area contributed by atoms with E-state index < -0.39 is 0 Å². The van der Waals surface area contributed by atoms with E-state index >= 15 is 0 Å². The summed E-state index contributed by atoms with van der Waals surface area (Å²) in [6, 6.07) is 2.03. The fourth-order valence-electron chi connectivity index (χ4n) is 1.72. The van der Waals surface area contributed by atoms with Crippen molar-refractivity contribution in [1.29, 1.82) is 0 Å². The second-order valence-electron chi connectivity index (χ2n) is 3.68. The lowest BCUT2D eigenvalue weighted by Gasteiger charge is -2.03. The molecule has 0 amide bonds. The highest BCUT2D eigenvalue weighted by Gasteiger charge is 2.08. The van der Waals surface area contributed by atoms with Gasteiger partial charge in [-0.3, -0.25) is 4.40 Å². The summed E-state index contributed by atoms with van der Waals surface area (Å²) in [6.45, 7) is 4.67. The Morgan fingerprint density at radius 2 is 2.13 bits per heavy atom. The maximum atomic E-state index is 5.48. The molecule has 0 saturated carbocycles. The third-order valence-corrected chi connectivity index (χ3v) is 2.36. The van der Waals surface area contributed by atoms with Gasteiger partial charge in [0.1, 0.15) is 5.82 Å². The number of fused-ring (bicyclic) bond motifs is 1. The maximum Gasteiger partial charge on any atom is 0.255 e. The Balaban J connectivity index is 2.49. The van der Waals surface area contributed by atoms with Crippen LogP contribution in [0.4, 0.5) is 0 Å². The van der Waals surface area contributed by atoms with Crippen LogP contribution in [-0.2, 0) is 6.42 Å². The Bertz CT molecular complexity index is 474. The van der Waals surface area contributed by atoms with Crippen LogP contribution in [0.5, 0.6) is 0 Å². The van der Waals surface area contributed by atoms with E-state index in [1.165, 1.54) is 0 Å². The highest BCUT2D eigenvalue weighted by atomic mass is 15.3. The molecule has 0 aliphatic carbocycles. The standard InChI is InChI=1S/C10H15N5/c1-7-6-8(2)15-9(4-3-5-11)13-14-10(15)12-7/h6H,3-5,11H2,1-2H3. The summed E-state index contributed by atoms with van der Waals surface area (Å²) in [5, 5.41) is 8.18. The molecule has 2 aromatic heterocycles. The first-order valence-electron chi connectivity index (χ1n) is 5.10. The summed E-state index contributed by atoms with van der Waals surface area (Å²) in [7, 11) is 0. The predicted octanol–water partition coefficient (Wildman–Crippen LogP) is 0.632. The van der Waals surface area contributed by atoms with E-state index in [0.29, 0.717) is 12.3 Å². The van der Waals surface area contributed by atoms with Gasteiger partial charge in [-0.25, -0.2) is 4.98 Å². The Morgan fingerprint density at radius 1 is 1.33 bits per heavy atom. The number of hydrogen-bond donors (Lipinski definition) is 1. The van der Waals surface area contributed by atoms with Gasteiger partial charge in [0, 0.05) is 17.8 Å². The molecular formula is C10H15N5. The van der Waals surface area contributed by atoms with Crippen molar-refractivity contribution in [3.05, 3.63) is 23.3 Å². The average molecular weight is 205 g/mol. The van der Waals surface area contributed by atoms with Crippen LogP contribution in [0.2, 0.25) is 0 Å². The van der Waals surface area contributed by atoms with Gasteiger partial charge in [0.2, 0.25) is 0 Å². The van der Waals surface area contributed by atoms with Gasteiger partial charge in [0.05, 0.1) is 0 Å². The van der Waals surface area contributed by atoms with E-state index in [4.69, 9.17) is 5.73 Å². The van der Waals surface area contributed by atoms with E-state index in [1.54, 1.807) is 0 Å². The molecule has 80 valence electrons. The molecule has 0 bridgehead atoms. The Hall–Kier alpha value is -1.49. The van der Waals surface area contributed by atoms with E-state index in [0.717, 1.165) is 30.1 Å². The number of aromatic nitrogens is 4. The minimum Gasteiger partial charge on any atom is -0.330 e. The summed E-state index contributed by atoms with van der Waals surface area (Å²) in [5.74, 6) is 1.62. The average Bonchev–Trinajstić information content (AvgIpc) is 2.58. The molecule has 2 aromatic rings. The predicted molar refractivity (Wildman–Crippen MR) is 57.6 cm³/mol.